The Kier molecular flexibility index (Phi) is 3.87. The number of hydrogen-bond donors (Lipinski definition) is 0. The van der Waals surface area contributed by atoms with Crippen molar-refractivity contribution in [3.8, 4) is 0 Å². The highest BCUT2D eigenvalue weighted by Gasteiger charge is 2.17. The Balaban J connectivity index is 3.09. The minimum absolute atomic E-state index is 0.254. The molecule has 0 aliphatic rings. The van der Waals surface area contributed by atoms with E-state index in [1.54, 1.807) is 6.07 Å². The first-order valence-electron chi connectivity index (χ1n) is 3.30. The van der Waals surface area contributed by atoms with E-state index >= 15 is 0 Å². The van der Waals surface area contributed by atoms with Crippen LogP contribution in [0.4, 0.5) is 0 Å². The van der Waals surface area contributed by atoms with Gasteiger partial charge >= 0.3 is 0 Å². The van der Waals surface area contributed by atoms with Crippen molar-refractivity contribution in [2.24, 2.45) is 0 Å². The monoisotopic (exact) mass is 258 g/mol. The van der Waals surface area contributed by atoms with Crippen LogP contribution < -0.4 is 0 Å². The number of carbonyl (C=O) groups is 1. The molecule has 1 rings (SSSR count). The maximum atomic E-state index is 11.3. The highest BCUT2D eigenvalue weighted by molar-refractivity contribution is 6.56. The van der Waals surface area contributed by atoms with E-state index in [0.717, 1.165) is 0 Å². The average Bonchev–Trinajstić information content (AvgIpc) is 2.03. The van der Waals surface area contributed by atoms with Crippen LogP contribution in [-0.2, 0) is 0 Å². The van der Waals surface area contributed by atoms with Gasteiger partial charge in [-0.2, -0.15) is 0 Å². The third-order valence-electron chi connectivity index (χ3n) is 1.39. The summed E-state index contributed by atoms with van der Waals surface area (Å²) in [5.41, 5.74) is 0.279. The Morgan fingerprint density at radius 1 is 1.23 bits per heavy atom. The van der Waals surface area contributed by atoms with Crippen LogP contribution in [0.3, 0.4) is 0 Å². The number of rotatable bonds is 2. The van der Waals surface area contributed by atoms with Gasteiger partial charge < -0.3 is 0 Å². The first-order chi connectivity index (χ1) is 6.02. The van der Waals surface area contributed by atoms with E-state index in [2.05, 4.69) is 0 Å². The molecule has 1 aromatic carbocycles. The Hall–Kier alpha value is 0.0500. The highest BCUT2D eigenvalue weighted by Crippen LogP contribution is 2.23. The first-order valence-corrected chi connectivity index (χ1v) is 4.92. The number of Topliss-reactive ketones (excluding diaryl/α,β-unsaturated/α-hetero) is 1. The van der Waals surface area contributed by atoms with Gasteiger partial charge in [0.15, 0.2) is 10.6 Å². The maximum absolute atomic E-state index is 11.3. The number of halogens is 4. The maximum Gasteiger partial charge on any atom is 0.197 e. The van der Waals surface area contributed by atoms with E-state index in [9.17, 15) is 4.79 Å². The molecule has 70 valence electrons. The summed E-state index contributed by atoms with van der Waals surface area (Å²) in [6, 6.07) is 4.51. The topological polar surface area (TPSA) is 17.1 Å². The second-order valence-electron chi connectivity index (χ2n) is 2.29. The van der Waals surface area contributed by atoms with Crippen LogP contribution >= 0.6 is 46.4 Å². The summed E-state index contributed by atoms with van der Waals surface area (Å²) in [5, 5.41) is 0.714. The molecule has 0 fully saturated rings. The molecule has 0 amide bonds. The van der Waals surface area contributed by atoms with Gasteiger partial charge in [-0.05, 0) is 18.2 Å². The molecule has 0 radical (unpaired) electrons. The molecule has 0 aliphatic heterocycles. The molecule has 0 atom stereocenters. The lowest BCUT2D eigenvalue weighted by molar-refractivity contribution is 0.101. The van der Waals surface area contributed by atoms with E-state index in [0.29, 0.717) is 5.02 Å². The van der Waals surface area contributed by atoms with Gasteiger partial charge in [0.25, 0.3) is 0 Å². The zero-order valence-corrected chi connectivity index (χ0v) is 9.25. The van der Waals surface area contributed by atoms with Gasteiger partial charge in [-0.3, -0.25) is 4.79 Å². The fourth-order valence-electron chi connectivity index (χ4n) is 0.807. The second kappa shape index (κ2) is 4.52. The lowest BCUT2D eigenvalue weighted by Gasteiger charge is -2.03. The van der Waals surface area contributed by atoms with Crippen LogP contribution in [0.5, 0.6) is 0 Å². The molecule has 0 saturated heterocycles. The quantitative estimate of drug-likeness (QED) is 0.580. The molecule has 0 N–H and O–H groups in total. The van der Waals surface area contributed by atoms with Crippen LogP contribution in [0.15, 0.2) is 18.2 Å². The molecule has 1 nitrogen and oxygen atoms in total. The largest absolute Gasteiger partial charge is 0.291 e. The van der Waals surface area contributed by atoms with Crippen LogP contribution in [0.2, 0.25) is 10.0 Å². The third kappa shape index (κ3) is 2.75. The minimum Gasteiger partial charge on any atom is -0.291 e. The summed E-state index contributed by atoms with van der Waals surface area (Å²) in [5.74, 6) is -0.426. The lowest BCUT2D eigenvalue weighted by Crippen LogP contribution is -2.08. The van der Waals surface area contributed by atoms with Gasteiger partial charge in [-0.25, -0.2) is 0 Å². The van der Waals surface area contributed by atoms with Gasteiger partial charge in [0.1, 0.15) is 0 Å². The van der Waals surface area contributed by atoms with Gasteiger partial charge in [0, 0.05) is 10.6 Å². The lowest BCUT2D eigenvalue weighted by atomic mass is 10.2. The van der Waals surface area contributed by atoms with E-state index in [4.69, 9.17) is 46.4 Å². The summed E-state index contributed by atoms with van der Waals surface area (Å²) in [7, 11) is 0. The number of carbonyl (C=O) groups excluding carboxylic acids is 1. The van der Waals surface area contributed by atoms with Gasteiger partial charge in [-0.1, -0.05) is 46.4 Å². The fraction of sp³-hybridized carbons (Fsp3) is 0.125. The molecule has 0 heterocycles. The van der Waals surface area contributed by atoms with Crippen LogP contribution in [-0.4, -0.2) is 10.6 Å². The summed E-state index contributed by atoms with van der Waals surface area (Å²) < 4.78 is 0. The molecular weight excluding hydrogens is 256 g/mol. The van der Waals surface area contributed by atoms with Crippen molar-refractivity contribution < 1.29 is 4.79 Å². The van der Waals surface area contributed by atoms with Crippen molar-refractivity contribution in [3.63, 3.8) is 0 Å². The van der Waals surface area contributed by atoms with E-state index in [-0.39, 0.29) is 10.6 Å². The Morgan fingerprint density at radius 2 is 1.85 bits per heavy atom. The zero-order chi connectivity index (χ0) is 10.0. The number of benzene rings is 1. The zero-order valence-electron chi connectivity index (χ0n) is 6.23. The smallest absolute Gasteiger partial charge is 0.197 e. The SMILES string of the molecule is O=C(c1ccc(Cl)cc1Cl)[14CH](Cl)Cl. The molecule has 0 aromatic heterocycles. The van der Waals surface area contributed by atoms with E-state index in [1.165, 1.54) is 12.1 Å². The van der Waals surface area contributed by atoms with Crippen molar-refractivity contribution in [3.05, 3.63) is 33.8 Å². The molecule has 5 heteroatoms. The van der Waals surface area contributed by atoms with Crippen molar-refractivity contribution in [1.82, 2.24) is 0 Å². The standard InChI is InChI=1S/C8H4Cl4O/c9-4-1-2-5(6(10)3-4)7(13)8(11)12/h1-3,8H/i8+2. The second-order valence-corrected chi connectivity index (χ2v) is 4.23. The van der Waals surface area contributed by atoms with Crippen LogP contribution in [0.25, 0.3) is 0 Å². The molecule has 0 saturated carbocycles. The number of ketones is 1. The molecule has 13 heavy (non-hydrogen) atoms. The minimum atomic E-state index is -1.10. The third-order valence-corrected chi connectivity index (χ3v) is 2.34. The normalized spacial score (nSPS) is 10.5. The molecular formula is C8H4Cl4O. The van der Waals surface area contributed by atoms with E-state index in [1.807, 2.05) is 0 Å². The first kappa shape index (κ1) is 11.1. The Morgan fingerprint density at radius 3 is 2.31 bits per heavy atom. The molecule has 0 unspecified atom stereocenters. The average molecular weight is 260 g/mol. The number of alkyl halides is 2. The molecule has 0 bridgehead atoms. The summed E-state index contributed by atoms with van der Waals surface area (Å²) in [6.07, 6.45) is 0. The molecule has 0 aliphatic carbocycles. The fourth-order valence-corrected chi connectivity index (χ4v) is 1.54. The van der Waals surface area contributed by atoms with E-state index < -0.39 is 10.6 Å². The van der Waals surface area contributed by atoms with Crippen molar-refractivity contribution in [1.29, 1.82) is 0 Å². The predicted molar refractivity (Wildman–Crippen MR) is 56.3 cm³/mol. The van der Waals surface area contributed by atoms with Gasteiger partial charge in [0.2, 0.25) is 0 Å². The predicted octanol–water partition coefficient (Wildman–Crippen LogP) is 3.98. The number of hydrogen-bond acceptors (Lipinski definition) is 1. The summed E-state index contributed by atoms with van der Waals surface area (Å²) in [4.78, 5) is 10.2. The van der Waals surface area contributed by atoms with Crippen LogP contribution in [0.1, 0.15) is 10.4 Å². The van der Waals surface area contributed by atoms with Crippen molar-refractivity contribution in [2.45, 2.75) is 4.84 Å². The Labute approximate surface area is 95.5 Å². The summed E-state index contributed by atoms with van der Waals surface area (Å²) in [6.45, 7) is 0. The Bertz CT molecular complexity index is 335. The van der Waals surface area contributed by atoms with Crippen molar-refractivity contribution >= 4 is 52.2 Å². The van der Waals surface area contributed by atoms with Gasteiger partial charge in [0.05, 0.1) is 5.02 Å². The molecule has 0 spiro atoms. The van der Waals surface area contributed by atoms with Crippen LogP contribution in [0, 0.1) is 0 Å². The molecule has 1 aromatic rings. The highest BCUT2D eigenvalue weighted by atomic mass is 35.5. The van der Waals surface area contributed by atoms with Crippen molar-refractivity contribution in [2.75, 3.05) is 0 Å². The summed E-state index contributed by atoms with van der Waals surface area (Å²) >= 11 is 22.2. The van der Waals surface area contributed by atoms with Gasteiger partial charge in [-0.15, -0.1) is 0 Å².